The highest BCUT2D eigenvalue weighted by Gasteiger charge is 2.14. The summed E-state index contributed by atoms with van der Waals surface area (Å²) in [6.45, 7) is 0. The topological polar surface area (TPSA) is 17.1 Å². The van der Waals surface area contributed by atoms with Gasteiger partial charge in [-0.15, -0.1) is 0 Å². The summed E-state index contributed by atoms with van der Waals surface area (Å²) in [5, 5.41) is 0. The third kappa shape index (κ3) is 2.32. The van der Waals surface area contributed by atoms with Gasteiger partial charge in [0.25, 0.3) is 0 Å². The van der Waals surface area contributed by atoms with Crippen LogP contribution in [0.3, 0.4) is 0 Å². The maximum Gasteiger partial charge on any atom is 0.158 e. The zero-order valence-electron chi connectivity index (χ0n) is 8.50. The number of halogens is 1. The predicted molar refractivity (Wildman–Crippen MR) is 57.9 cm³/mol. The molecule has 1 aromatic carbocycles. The molecule has 78 valence electrons. The smallest absolute Gasteiger partial charge is 0.158 e. The maximum absolute atomic E-state index is 13.3. The summed E-state index contributed by atoms with van der Waals surface area (Å²) >= 11 is 0. The lowest BCUT2D eigenvalue weighted by atomic mass is 9.92. The van der Waals surface area contributed by atoms with Gasteiger partial charge in [0.05, 0.1) is 0 Å². The van der Waals surface area contributed by atoms with Crippen LogP contribution in [-0.4, -0.2) is 5.78 Å². The Morgan fingerprint density at radius 3 is 2.60 bits per heavy atom. The lowest BCUT2D eigenvalue weighted by Crippen LogP contribution is -2.08. The van der Waals surface area contributed by atoms with E-state index in [1.54, 1.807) is 24.3 Å². The van der Waals surface area contributed by atoms with Crippen LogP contribution in [0.1, 0.15) is 31.2 Å². The third-order valence-corrected chi connectivity index (χ3v) is 2.69. The van der Waals surface area contributed by atoms with Crippen molar-refractivity contribution in [1.82, 2.24) is 0 Å². The van der Waals surface area contributed by atoms with Gasteiger partial charge in [-0.3, -0.25) is 4.79 Å². The number of benzene rings is 1. The van der Waals surface area contributed by atoms with Crippen molar-refractivity contribution < 1.29 is 9.18 Å². The Balaban J connectivity index is 2.29. The van der Waals surface area contributed by atoms with Gasteiger partial charge in [-0.05, 0) is 37.0 Å². The molecule has 0 unspecified atom stereocenters. The van der Waals surface area contributed by atoms with Crippen LogP contribution in [0.25, 0.3) is 6.08 Å². The van der Waals surface area contributed by atoms with Crippen LogP contribution in [0.4, 0.5) is 4.39 Å². The Morgan fingerprint density at radius 2 is 1.87 bits per heavy atom. The fraction of sp³-hybridized carbons (Fsp3) is 0.308. The average molecular weight is 204 g/mol. The fourth-order valence-electron chi connectivity index (χ4n) is 1.83. The Morgan fingerprint density at radius 1 is 1.13 bits per heavy atom. The minimum atomic E-state index is -0.261. The quantitative estimate of drug-likeness (QED) is 0.641. The number of allylic oxidation sites excluding steroid dienone is 1. The summed E-state index contributed by atoms with van der Waals surface area (Å²) in [6, 6.07) is 6.55. The Hall–Kier alpha value is -1.44. The zero-order chi connectivity index (χ0) is 10.7. The third-order valence-electron chi connectivity index (χ3n) is 2.69. The molecule has 0 bridgehead atoms. The van der Waals surface area contributed by atoms with Crippen molar-refractivity contribution in [3.63, 3.8) is 0 Å². The zero-order valence-corrected chi connectivity index (χ0v) is 8.50. The van der Waals surface area contributed by atoms with Gasteiger partial charge in [-0.1, -0.05) is 18.2 Å². The second kappa shape index (κ2) is 4.39. The van der Waals surface area contributed by atoms with E-state index < -0.39 is 0 Å². The van der Waals surface area contributed by atoms with Crippen LogP contribution in [0, 0.1) is 5.82 Å². The summed E-state index contributed by atoms with van der Waals surface area (Å²) in [5.41, 5.74) is 1.29. The molecule has 0 saturated heterocycles. The normalized spacial score (nSPS) is 19.5. The lowest BCUT2D eigenvalue weighted by molar-refractivity contribution is -0.116. The number of rotatable bonds is 1. The fourth-order valence-corrected chi connectivity index (χ4v) is 1.83. The van der Waals surface area contributed by atoms with E-state index in [2.05, 4.69) is 0 Å². The molecular weight excluding hydrogens is 191 g/mol. The van der Waals surface area contributed by atoms with Crippen molar-refractivity contribution in [2.75, 3.05) is 0 Å². The number of ketones is 1. The van der Waals surface area contributed by atoms with Crippen molar-refractivity contribution in [3.05, 3.63) is 41.2 Å². The van der Waals surface area contributed by atoms with Gasteiger partial charge in [0.15, 0.2) is 5.78 Å². The molecule has 0 aliphatic heterocycles. The van der Waals surface area contributed by atoms with Crippen LogP contribution in [-0.2, 0) is 4.79 Å². The lowest BCUT2D eigenvalue weighted by Gasteiger charge is -2.12. The molecule has 1 aliphatic carbocycles. The standard InChI is InChI=1S/C13H13FO/c14-12-7-3-1-5-10(12)9-11-6-2-4-8-13(11)15/h1,3,5,7,9H,2,4,6,8H2/b11-9-. The number of carbonyl (C=O) groups excluding carboxylic acids is 1. The van der Waals surface area contributed by atoms with Crippen molar-refractivity contribution in [1.29, 1.82) is 0 Å². The van der Waals surface area contributed by atoms with Crippen molar-refractivity contribution in [3.8, 4) is 0 Å². The Labute approximate surface area is 88.6 Å². The molecule has 2 heteroatoms. The van der Waals surface area contributed by atoms with Crippen LogP contribution in [0.5, 0.6) is 0 Å². The van der Waals surface area contributed by atoms with Gasteiger partial charge in [0.2, 0.25) is 0 Å². The first kappa shape index (κ1) is 10.1. The van der Waals surface area contributed by atoms with Crippen LogP contribution in [0.15, 0.2) is 29.8 Å². The van der Waals surface area contributed by atoms with Crippen LogP contribution >= 0.6 is 0 Å². The molecule has 15 heavy (non-hydrogen) atoms. The highest BCUT2D eigenvalue weighted by Crippen LogP contribution is 2.22. The average Bonchev–Trinajstić information content (AvgIpc) is 2.24. The SMILES string of the molecule is O=C1CCCC/C1=C/c1ccccc1F. The summed E-state index contributed by atoms with van der Waals surface area (Å²) in [6.07, 6.45) is 5.09. The number of hydrogen-bond acceptors (Lipinski definition) is 1. The molecule has 0 N–H and O–H groups in total. The first-order valence-electron chi connectivity index (χ1n) is 5.25. The second-order valence-corrected chi connectivity index (χ2v) is 3.82. The molecule has 1 aliphatic rings. The molecule has 1 nitrogen and oxygen atoms in total. The predicted octanol–water partition coefficient (Wildman–Crippen LogP) is 3.35. The molecule has 2 rings (SSSR count). The van der Waals surface area contributed by atoms with Crippen molar-refractivity contribution in [2.24, 2.45) is 0 Å². The molecular formula is C13H13FO. The second-order valence-electron chi connectivity index (χ2n) is 3.82. The molecule has 1 aromatic rings. The number of carbonyl (C=O) groups is 1. The van der Waals surface area contributed by atoms with E-state index in [4.69, 9.17) is 0 Å². The largest absolute Gasteiger partial charge is 0.295 e. The first-order valence-corrected chi connectivity index (χ1v) is 5.25. The first-order chi connectivity index (χ1) is 7.27. The number of hydrogen-bond donors (Lipinski definition) is 0. The van der Waals surface area contributed by atoms with Gasteiger partial charge in [-0.2, -0.15) is 0 Å². The van der Waals surface area contributed by atoms with E-state index in [1.165, 1.54) is 6.07 Å². The van der Waals surface area contributed by atoms with E-state index in [0.29, 0.717) is 12.0 Å². The summed E-state index contributed by atoms with van der Waals surface area (Å²) < 4.78 is 13.3. The van der Waals surface area contributed by atoms with Crippen LogP contribution < -0.4 is 0 Å². The molecule has 1 fully saturated rings. The van der Waals surface area contributed by atoms with Gasteiger partial charge >= 0.3 is 0 Å². The molecule has 0 aromatic heterocycles. The van der Waals surface area contributed by atoms with Gasteiger partial charge < -0.3 is 0 Å². The highest BCUT2D eigenvalue weighted by molar-refractivity contribution is 6.00. The maximum atomic E-state index is 13.3. The number of Topliss-reactive ketones (excluding diaryl/α,β-unsaturated/α-hetero) is 1. The van der Waals surface area contributed by atoms with E-state index in [9.17, 15) is 9.18 Å². The van der Waals surface area contributed by atoms with Gasteiger partial charge in [0.1, 0.15) is 5.82 Å². The summed E-state index contributed by atoms with van der Waals surface area (Å²) in [7, 11) is 0. The van der Waals surface area contributed by atoms with E-state index >= 15 is 0 Å². The molecule has 0 spiro atoms. The Bertz CT molecular complexity index is 407. The summed E-state index contributed by atoms with van der Waals surface area (Å²) in [5.74, 6) is -0.0899. The molecule has 1 saturated carbocycles. The van der Waals surface area contributed by atoms with E-state index in [0.717, 1.165) is 24.8 Å². The Kier molecular flexibility index (Phi) is 2.95. The van der Waals surface area contributed by atoms with E-state index in [-0.39, 0.29) is 11.6 Å². The highest BCUT2D eigenvalue weighted by atomic mass is 19.1. The molecule has 0 atom stereocenters. The van der Waals surface area contributed by atoms with Crippen molar-refractivity contribution >= 4 is 11.9 Å². The van der Waals surface area contributed by atoms with Crippen molar-refractivity contribution in [2.45, 2.75) is 25.7 Å². The van der Waals surface area contributed by atoms with Gasteiger partial charge in [-0.25, -0.2) is 4.39 Å². The minimum absolute atomic E-state index is 0.171. The molecule has 0 radical (unpaired) electrons. The van der Waals surface area contributed by atoms with Gasteiger partial charge in [0, 0.05) is 12.0 Å². The molecule has 0 heterocycles. The molecule has 0 amide bonds. The minimum Gasteiger partial charge on any atom is -0.295 e. The summed E-state index contributed by atoms with van der Waals surface area (Å²) in [4.78, 5) is 11.5. The van der Waals surface area contributed by atoms with E-state index in [1.807, 2.05) is 0 Å². The monoisotopic (exact) mass is 204 g/mol. The van der Waals surface area contributed by atoms with Crippen LogP contribution in [0.2, 0.25) is 0 Å².